The molecular weight excluding hydrogens is 238 g/mol. The minimum Gasteiger partial charge on any atom is -0.309 e. The molecule has 106 valence electrons. The first-order chi connectivity index (χ1) is 8.89. The van der Waals surface area contributed by atoms with Gasteiger partial charge in [0.1, 0.15) is 0 Å². The highest BCUT2D eigenvalue weighted by molar-refractivity contribution is 5.08. The van der Waals surface area contributed by atoms with Gasteiger partial charge in [0.2, 0.25) is 0 Å². The van der Waals surface area contributed by atoms with Gasteiger partial charge in [0.05, 0.1) is 5.69 Å². The maximum Gasteiger partial charge on any atom is 0.0967 e. The lowest BCUT2D eigenvalue weighted by molar-refractivity contribution is 0.00430. The molecule has 1 atom stereocenters. The van der Waals surface area contributed by atoms with Gasteiger partial charge < -0.3 is 5.32 Å². The summed E-state index contributed by atoms with van der Waals surface area (Å²) in [7, 11) is 1.93. The summed E-state index contributed by atoms with van der Waals surface area (Å²) < 4.78 is 1.79. The third kappa shape index (κ3) is 2.54. The Kier molecular flexibility index (Phi) is 2.94. The molecule has 0 aromatic carbocycles. The lowest BCUT2D eigenvalue weighted by atomic mass is 9.86. The molecule has 0 bridgehead atoms. The summed E-state index contributed by atoms with van der Waals surface area (Å²) in [6.07, 6.45) is 4.77. The van der Waals surface area contributed by atoms with Crippen LogP contribution in [-0.4, -0.2) is 44.1 Å². The Morgan fingerprint density at radius 2 is 2.11 bits per heavy atom. The van der Waals surface area contributed by atoms with E-state index in [1.165, 1.54) is 12.8 Å². The van der Waals surface area contributed by atoms with Crippen molar-refractivity contribution < 1.29 is 0 Å². The van der Waals surface area contributed by atoms with Gasteiger partial charge in [-0.15, -0.1) is 5.10 Å². The van der Waals surface area contributed by atoms with Gasteiger partial charge in [-0.3, -0.25) is 9.58 Å². The largest absolute Gasteiger partial charge is 0.309 e. The van der Waals surface area contributed by atoms with Crippen LogP contribution < -0.4 is 5.32 Å². The van der Waals surface area contributed by atoms with Gasteiger partial charge in [0, 0.05) is 44.0 Å². The predicted molar refractivity (Wildman–Crippen MR) is 74.6 cm³/mol. The molecule has 1 saturated heterocycles. The highest BCUT2D eigenvalue weighted by atomic mass is 15.4. The minimum absolute atomic E-state index is 0.177. The molecule has 2 heterocycles. The molecule has 1 aliphatic carbocycles. The Morgan fingerprint density at radius 3 is 2.68 bits per heavy atom. The van der Waals surface area contributed by atoms with Gasteiger partial charge in [-0.05, 0) is 39.5 Å². The van der Waals surface area contributed by atoms with Gasteiger partial charge in [-0.1, -0.05) is 5.21 Å². The number of nitrogens with one attached hydrogen (secondary N) is 1. The lowest BCUT2D eigenvalue weighted by Gasteiger charge is -2.51. The van der Waals surface area contributed by atoms with Gasteiger partial charge in [0.15, 0.2) is 0 Å². The van der Waals surface area contributed by atoms with E-state index >= 15 is 0 Å². The third-order valence-corrected chi connectivity index (χ3v) is 4.69. The average Bonchev–Trinajstić information content (AvgIpc) is 3.10. The first-order valence-corrected chi connectivity index (χ1v) is 7.24. The number of piperazine rings is 1. The van der Waals surface area contributed by atoms with Crippen molar-refractivity contribution in [3.8, 4) is 0 Å². The van der Waals surface area contributed by atoms with Crippen molar-refractivity contribution in [1.82, 2.24) is 25.2 Å². The molecule has 1 saturated carbocycles. The second-order valence-electron chi connectivity index (χ2n) is 7.11. The summed E-state index contributed by atoms with van der Waals surface area (Å²) in [5.41, 5.74) is 1.52. The standard InChI is InChI=1S/C14H25N5/c1-13(2)10-19(8-12-7-18(4)17-16-12)14(3,9-15-13)11-5-6-11/h7,11,15H,5-6,8-10H2,1-4H3. The Morgan fingerprint density at radius 1 is 1.37 bits per heavy atom. The van der Waals surface area contributed by atoms with Crippen molar-refractivity contribution in [1.29, 1.82) is 0 Å². The van der Waals surface area contributed by atoms with Gasteiger partial charge >= 0.3 is 0 Å². The van der Waals surface area contributed by atoms with Crippen LogP contribution in [0, 0.1) is 5.92 Å². The first-order valence-electron chi connectivity index (χ1n) is 7.24. The van der Waals surface area contributed by atoms with Crippen molar-refractivity contribution in [2.24, 2.45) is 13.0 Å². The highest BCUT2D eigenvalue weighted by Gasteiger charge is 2.49. The molecule has 0 spiro atoms. The van der Waals surface area contributed by atoms with Crippen molar-refractivity contribution in [2.75, 3.05) is 13.1 Å². The smallest absolute Gasteiger partial charge is 0.0967 e. The van der Waals surface area contributed by atoms with E-state index in [1.54, 1.807) is 4.68 Å². The van der Waals surface area contributed by atoms with Crippen molar-refractivity contribution in [2.45, 2.75) is 51.2 Å². The van der Waals surface area contributed by atoms with E-state index in [0.29, 0.717) is 0 Å². The Labute approximate surface area is 115 Å². The SMILES string of the molecule is Cn1cc(CN2CC(C)(C)NCC2(C)C2CC2)nn1. The number of rotatable bonds is 3. The molecule has 2 aliphatic rings. The highest BCUT2D eigenvalue weighted by Crippen LogP contribution is 2.45. The molecule has 1 aromatic heterocycles. The van der Waals surface area contributed by atoms with E-state index in [0.717, 1.165) is 31.2 Å². The zero-order chi connectivity index (χ0) is 13.7. The van der Waals surface area contributed by atoms with E-state index in [1.807, 2.05) is 13.2 Å². The summed E-state index contributed by atoms with van der Waals surface area (Å²) in [5, 5.41) is 12.0. The fourth-order valence-electron chi connectivity index (χ4n) is 3.25. The first kappa shape index (κ1) is 13.1. The van der Waals surface area contributed by atoms with Crippen LogP contribution in [0.25, 0.3) is 0 Å². The van der Waals surface area contributed by atoms with Crippen molar-refractivity contribution >= 4 is 0 Å². The maximum atomic E-state index is 4.25. The summed E-state index contributed by atoms with van der Waals surface area (Å²) in [6.45, 7) is 10.0. The molecule has 1 N–H and O–H groups in total. The van der Waals surface area contributed by atoms with Crippen LogP contribution in [0.15, 0.2) is 6.20 Å². The molecule has 5 nitrogen and oxygen atoms in total. The van der Waals surface area contributed by atoms with Crippen molar-refractivity contribution in [3.05, 3.63) is 11.9 Å². The van der Waals surface area contributed by atoms with Crippen LogP contribution in [0.1, 0.15) is 39.3 Å². The number of aromatic nitrogens is 3. The summed E-state index contributed by atoms with van der Waals surface area (Å²) in [6, 6.07) is 0. The number of aryl methyl sites for hydroxylation is 1. The molecule has 1 unspecified atom stereocenters. The average molecular weight is 263 g/mol. The number of nitrogens with zero attached hydrogens (tertiary/aromatic N) is 4. The van der Waals surface area contributed by atoms with Gasteiger partial charge in [-0.2, -0.15) is 0 Å². The van der Waals surface area contributed by atoms with Crippen LogP contribution in [0.3, 0.4) is 0 Å². The van der Waals surface area contributed by atoms with Crippen LogP contribution in [0.2, 0.25) is 0 Å². The normalized spacial score (nSPS) is 31.6. The monoisotopic (exact) mass is 263 g/mol. The lowest BCUT2D eigenvalue weighted by Crippen LogP contribution is -2.67. The fourth-order valence-corrected chi connectivity index (χ4v) is 3.25. The Bertz CT molecular complexity index is 462. The zero-order valence-electron chi connectivity index (χ0n) is 12.5. The predicted octanol–water partition coefficient (Wildman–Crippen LogP) is 1.17. The molecule has 3 rings (SSSR count). The van der Waals surface area contributed by atoms with E-state index in [4.69, 9.17) is 0 Å². The zero-order valence-corrected chi connectivity index (χ0v) is 12.5. The fraction of sp³-hybridized carbons (Fsp3) is 0.857. The van der Waals surface area contributed by atoms with Crippen LogP contribution in [0.5, 0.6) is 0 Å². The van der Waals surface area contributed by atoms with Gasteiger partial charge in [0.25, 0.3) is 0 Å². The Balaban J connectivity index is 1.80. The van der Waals surface area contributed by atoms with E-state index in [-0.39, 0.29) is 11.1 Å². The van der Waals surface area contributed by atoms with E-state index in [2.05, 4.69) is 41.3 Å². The van der Waals surface area contributed by atoms with Crippen LogP contribution >= 0.6 is 0 Å². The van der Waals surface area contributed by atoms with E-state index < -0.39 is 0 Å². The molecule has 19 heavy (non-hydrogen) atoms. The number of hydrogen-bond acceptors (Lipinski definition) is 4. The summed E-state index contributed by atoms with van der Waals surface area (Å²) in [5.74, 6) is 0.841. The second kappa shape index (κ2) is 4.28. The van der Waals surface area contributed by atoms with E-state index in [9.17, 15) is 0 Å². The van der Waals surface area contributed by atoms with Crippen molar-refractivity contribution in [3.63, 3.8) is 0 Å². The minimum atomic E-state index is 0.177. The third-order valence-electron chi connectivity index (χ3n) is 4.69. The molecule has 2 fully saturated rings. The Hall–Kier alpha value is -0.940. The quantitative estimate of drug-likeness (QED) is 0.889. The van der Waals surface area contributed by atoms with Gasteiger partial charge in [-0.25, -0.2) is 0 Å². The molecule has 5 heteroatoms. The topological polar surface area (TPSA) is 46.0 Å². The second-order valence-corrected chi connectivity index (χ2v) is 7.11. The molecule has 0 radical (unpaired) electrons. The maximum absolute atomic E-state index is 4.25. The van der Waals surface area contributed by atoms with Crippen LogP contribution in [-0.2, 0) is 13.6 Å². The summed E-state index contributed by atoms with van der Waals surface area (Å²) >= 11 is 0. The molecular formula is C14H25N5. The number of hydrogen-bond donors (Lipinski definition) is 1. The molecule has 1 aromatic rings. The van der Waals surface area contributed by atoms with Crippen LogP contribution in [0.4, 0.5) is 0 Å². The molecule has 0 amide bonds. The summed E-state index contributed by atoms with van der Waals surface area (Å²) in [4.78, 5) is 2.62. The molecule has 1 aliphatic heterocycles.